The molecule has 0 aliphatic carbocycles. The molecule has 6 nitrogen and oxygen atoms in total. The van der Waals surface area contributed by atoms with E-state index in [-0.39, 0.29) is 0 Å². The van der Waals surface area contributed by atoms with Gasteiger partial charge in [0.25, 0.3) is 0 Å². The molecule has 0 amide bonds. The molecule has 0 aromatic carbocycles. The Hall–Kier alpha value is -2.24. The molecule has 2 N–H and O–H groups in total. The average Bonchev–Trinajstić information content (AvgIpc) is 3.12. The number of rotatable bonds is 7. The van der Waals surface area contributed by atoms with Crippen LogP contribution in [-0.4, -0.2) is 30.8 Å². The Kier molecular flexibility index (Phi) is 6.06. The van der Waals surface area contributed by atoms with Crippen LogP contribution in [0, 0.1) is 13.8 Å². The van der Waals surface area contributed by atoms with E-state index in [9.17, 15) is 0 Å². The zero-order valence-corrected chi connectivity index (χ0v) is 13.5. The largest absolute Gasteiger partial charge is 0.469 e. The summed E-state index contributed by atoms with van der Waals surface area (Å²) in [4.78, 5) is 4.55. The van der Waals surface area contributed by atoms with Gasteiger partial charge in [0.2, 0.25) is 0 Å². The van der Waals surface area contributed by atoms with Gasteiger partial charge in [-0.25, -0.2) is 0 Å². The number of aromatic nitrogens is 1. The van der Waals surface area contributed by atoms with Crippen molar-refractivity contribution in [3.63, 3.8) is 0 Å². The van der Waals surface area contributed by atoms with E-state index in [4.69, 9.17) is 8.94 Å². The summed E-state index contributed by atoms with van der Waals surface area (Å²) in [6.07, 6.45) is 3.35. The first-order chi connectivity index (χ1) is 10.7. The maximum Gasteiger partial charge on any atom is 0.191 e. The van der Waals surface area contributed by atoms with Gasteiger partial charge in [0.15, 0.2) is 5.96 Å². The molecular weight excluding hydrogens is 280 g/mol. The molecule has 0 saturated carbocycles. The lowest BCUT2D eigenvalue weighted by atomic mass is 10.1. The van der Waals surface area contributed by atoms with Crippen LogP contribution in [0.25, 0.3) is 0 Å². The monoisotopic (exact) mass is 304 g/mol. The maximum atomic E-state index is 5.30. The molecule has 22 heavy (non-hydrogen) atoms. The molecule has 0 spiro atoms. The minimum atomic E-state index is 0.689. The number of aryl methyl sites for hydroxylation is 2. The van der Waals surface area contributed by atoms with Gasteiger partial charge < -0.3 is 19.6 Å². The Bertz CT molecular complexity index is 568. The molecule has 0 aliphatic heterocycles. The molecule has 0 fully saturated rings. The van der Waals surface area contributed by atoms with E-state index in [1.54, 1.807) is 6.26 Å². The normalized spacial score (nSPS) is 11.7. The predicted molar refractivity (Wildman–Crippen MR) is 86.1 cm³/mol. The van der Waals surface area contributed by atoms with Gasteiger partial charge in [0, 0.05) is 31.6 Å². The van der Waals surface area contributed by atoms with E-state index in [2.05, 4.69) is 27.7 Å². The highest BCUT2D eigenvalue weighted by molar-refractivity contribution is 5.79. The molecule has 2 rings (SSSR count). The third-order valence-corrected chi connectivity index (χ3v) is 3.40. The van der Waals surface area contributed by atoms with Crippen molar-refractivity contribution in [1.29, 1.82) is 0 Å². The van der Waals surface area contributed by atoms with Crippen molar-refractivity contribution < 1.29 is 8.94 Å². The summed E-state index contributed by atoms with van der Waals surface area (Å²) in [6, 6.07) is 3.86. The van der Waals surface area contributed by atoms with Crippen molar-refractivity contribution in [3.8, 4) is 0 Å². The second kappa shape index (κ2) is 8.26. The van der Waals surface area contributed by atoms with Gasteiger partial charge >= 0.3 is 0 Å². The predicted octanol–water partition coefficient (Wildman–Crippen LogP) is 2.22. The SMILES string of the molecule is CCNC(=NCCc1ccco1)NCCc1c(C)noc1C. The molecule has 120 valence electrons. The Labute approximate surface area is 131 Å². The number of hydrogen-bond acceptors (Lipinski definition) is 4. The summed E-state index contributed by atoms with van der Waals surface area (Å²) in [5.74, 6) is 2.66. The topological polar surface area (TPSA) is 75.6 Å². The molecule has 2 aromatic heterocycles. The average molecular weight is 304 g/mol. The second-order valence-electron chi connectivity index (χ2n) is 5.07. The number of nitrogens with zero attached hydrogens (tertiary/aromatic N) is 2. The minimum Gasteiger partial charge on any atom is -0.469 e. The van der Waals surface area contributed by atoms with Crippen LogP contribution in [0.5, 0.6) is 0 Å². The van der Waals surface area contributed by atoms with Crippen LogP contribution in [0.4, 0.5) is 0 Å². The lowest BCUT2D eigenvalue weighted by molar-refractivity contribution is 0.392. The van der Waals surface area contributed by atoms with Crippen molar-refractivity contribution in [2.75, 3.05) is 19.6 Å². The van der Waals surface area contributed by atoms with Crippen LogP contribution >= 0.6 is 0 Å². The zero-order chi connectivity index (χ0) is 15.8. The van der Waals surface area contributed by atoms with E-state index in [0.29, 0.717) is 6.54 Å². The summed E-state index contributed by atoms with van der Waals surface area (Å²) >= 11 is 0. The highest BCUT2D eigenvalue weighted by Crippen LogP contribution is 2.11. The number of hydrogen-bond donors (Lipinski definition) is 2. The fourth-order valence-electron chi connectivity index (χ4n) is 2.24. The molecule has 0 unspecified atom stereocenters. The van der Waals surface area contributed by atoms with Crippen molar-refractivity contribution in [2.45, 2.75) is 33.6 Å². The van der Waals surface area contributed by atoms with Gasteiger partial charge in [0.1, 0.15) is 11.5 Å². The molecular formula is C16H24N4O2. The number of furan rings is 1. The van der Waals surface area contributed by atoms with E-state index >= 15 is 0 Å². The first-order valence-corrected chi connectivity index (χ1v) is 7.67. The molecule has 6 heteroatoms. The minimum absolute atomic E-state index is 0.689. The number of aliphatic imine (C=N–C) groups is 1. The fraction of sp³-hybridized carbons (Fsp3) is 0.500. The van der Waals surface area contributed by atoms with Crippen LogP contribution in [0.3, 0.4) is 0 Å². The number of nitrogens with one attached hydrogen (secondary N) is 2. The highest BCUT2D eigenvalue weighted by atomic mass is 16.5. The number of guanidine groups is 1. The van der Waals surface area contributed by atoms with Crippen molar-refractivity contribution >= 4 is 5.96 Å². The first-order valence-electron chi connectivity index (χ1n) is 7.67. The molecule has 2 heterocycles. The van der Waals surface area contributed by atoms with E-state index in [0.717, 1.165) is 49.1 Å². The summed E-state index contributed by atoms with van der Waals surface area (Å²) in [5.41, 5.74) is 2.12. The van der Waals surface area contributed by atoms with Gasteiger partial charge in [-0.15, -0.1) is 0 Å². The fourth-order valence-corrected chi connectivity index (χ4v) is 2.24. The molecule has 0 radical (unpaired) electrons. The van der Waals surface area contributed by atoms with Gasteiger partial charge in [-0.1, -0.05) is 5.16 Å². The standard InChI is InChI=1S/C16H24N4O2/c1-4-17-16(18-9-7-14-6-5-11-21-14)19-10-8-15-12(2)20-22-13(15)3/h5-6,11H,4,7-10H2,1-3H3,(H2,17,18,19). The van der Waals surface area contributed by atoms with Crippen LogP contribution in [0.15, 0.2) is 32.3 Å². The first kappa shape index (κ1) is 16.1. The third-order valence-electron chi connectivity index (χ3n) is 3.40. The van der Waals surface area contributed by atoms with Crippen LogP contribution in [-0.2, 0) is 12.8 Å². The van der Waals surface area contributed by atoms with Gasteiger partial charge in [0.05, 0.1) is 12.0 Å². The maximum absolute atomic E-state index is 5.30. The third kappa shape index (κ3) is 4.65. The van der Waals surface area contributed by atoms with E-state index < -0.39 is 0 Å². The van der Waals surface area contributed by atoms with E-state index in [1.807, 2.05) is 26.0 Å². The smallest absolute Gasteiger partial charge is 0.191 e. The van der Waals surface area contributed by atoms with Gasteiger partial charge in [-0.3, -0.25) is 4.99 Å². The quantitative estimate of drug-likeness (QED) is 0.606. The summed E-state index contributed by atoms with van der Waals surface area (Å²) in [6.45, 7) is 8.27. The lowest BCUT2D eigenvalue weighted by Crippen LogP contribution is -2.38. The van der Waals surface area contributed by atoms with Gasteiger partial charge in [-0.05, 0) is 39.3 Å². The lowest BCUT2D eigenvalue weighted by Gasteiger charge is -2.11. The molecule has 0 atom stereocenters. The molecule has 0 saturated heterocycles. The van der Waals surface area contributed by atoms with Crippen LogP contribution < -0.4 is 10.6 Å². The highest BCUT2D eigenvalue weighted by Gasteiger charge is 2.08. The van der Waals surface area contributed by atoms with Crippen molar-refractivity contribution in [1.82, 2.24) is 15.8 Å². The molecule has 0 aliphatic rings. The Morgan fingerprint density at radius 1 is 1.27 bits per heavy atom. The molecule has 0 bridgehead atoms. The molecule has 2 aromatic rings. The zero-order valence-electron chi connectivity index (χ0n) is 13.5. The summed E-state index contributed by atoms with van der Waals surface area (Å²) in [5, 5.41) is 10.5. The Morgan fingerprint density at radius 2 is 2.14 bits per heavy atom. The van der Waals surface area contributed by atoms with Crippen molar-refractivity contribution in [2.24, 2.45) is 4.99 Å². The van der Waals surface area contributed by atoms with Crippen LogP contribution in [0.2, 0.25) is 0 Å². The van der Waals surface area contributed by atoms with E-state index in [1.165, 1.54) is 5.56 Å². The van der Waals surface area contributed by atoms with Gasteiger partial charge in [-0.2, -0.15) is 0 Å². The van der Waals surface area contributed by atoms with Crippen molar-refractivity contribution in [3.05, 3.63) is 41.2 Å². The summed E-state index contributed by atoms with van der Waals surface area (Å²) in [7, 11) is 0. The summed E-state index contributed by atoms with van der Waals surface area (Å²) < 4.78 is 10.5. The Morgan fingerprint density at radius 3 is 2.77 bits per heavy atom. The second-order valence-corrected chi connectivity index (χ2v) is 5.07. The van der Waals surface area contributed by atoms with Crippen LogP contribution in [0.1, 0.15) is 29.7 Å². The Balaban J connectivity index is 1.80.